The number of carboxylic acids is 1. The van der Waals surface area contributed by atoms with E-state index in [4.69, 9.17) is 0 Å². The number of nitrogens with zero attached hydrogens (tertiary/aromatic N) is 3. The van der Waals surface area contributed by atoms with Gasteiger partial charge >= 0.3 is 5.97 Å². The van der Waals surface area contributed by atoms with Gasteiger partial charge in [-0.2, -0.15) is 5.10 Å². The normalized spacial score (nSPS) is 30.3. The second-order valence-electron chi connectivity index (χ2n) is 7.27. The number of hydrogen-bond donors (Lipinski definition) is 1. The van der Waals surface area contributed by atoms with Gasteiger partial charge in [0.25, 0.3) is 5.91 Å². The molecule has 2 saturated carbocycles. The Morgan fingerprint density at radius 2 is 1.96 bits per heavy atom. The minimum Gasteiger partial charge on any atom is -0.480 e. The first-order valence-electron chi connectivity index (χ1n) is 8.65. The monoisotopic (exact) mass is 317 g/mol. The highest BCUT2D eigenvalue weighted by Crippen LogP contribution is 2.42. The van der Waals surface area contributed by atoms with Crippen LogP contribution in [0.1, 0.15) is 67.0 Å². The molecule has 2 aliphatic carbocycles. The van der Waals surface area contributed by atoms with Crippen LogP contribution in [0.5, 0.6) is 0 Å². The van der Waals surface area contributed by atoms with Gasteiger partial charge in [0, 0.05) is 24.7 Å². The lowest BCUT2D eigenvalue weighted by molar-refractivity contribution is -0.141. The largest absolute Gasteiger partial charge is 0.480 e. The van der Waals surface area contributed by atoms with Crippen LogP contribution < -0.4 is 0 Å². The molecule has 0 aromatic carbocycles. The van der Waals surface area contributed by atoms with E-state index in [1.807, 2.05) is 13.1 Å². The third-order valence-electron chi connectivity index (χ3n) is 5.74. The number of hydrogen-bond acceptors (Lipinski definition) is 3. The molecule has 3 fully saturated rings. The number of aromatic nitrogens is 2. The second-order valence-corrected chi connectivity index (χ2v) is 7.27. The molecule has 0 bridgehead atoms. The third kappa shape index (κ3) is 2.44. The summed E-state index contributed by atoms with van der Waals surface area (Å²) in [5, 5.41) is 13.9. The Morgan fingerprint density at radius 3 is 2.65 bits per heavy atom. The average molecular weight is 317 g/mol. The van der Waals surface area contributed by atoms with Crippen molar-refractivity contribution < 1.29 is 14.7 Å². The van der Waals surface area contributed by atoms with Crippen LogP contribution in [-0.4, -0.2) is 43.7 Å². The Hall–Kier alpha value is -1.85. The number of carbonyl (C=O) groups excluding carboxylic acids is 1. The van der Waals surface area contributed by atoms with Crippen LogP contribution >= 0.6 is 0 Å². The van der Waals surface area contributed by atoms with Gasteiger partial charge < -0.3 is 10.0 Å². The molecule has 124 valence electrons. The molecule has 4 rings (SSSR count). The Bertz CT molecular complexity index is 650. The van der Waals surface area contributed by atoms with E-state index in [9.17, 15) is 14.7 Å². The molecular weight excluding hydrogens is 294 g/mol. The molecular formula is C17H23N3O3. The number of rotatable bonds is 3. The minimum atomic E-state index is -0.883. The van der Waals surface area contributed by atoms with Crippen molar-refractivity contribution in [3.05, 3.63) is 17.5 Å². The van der Waals surface area contributed by atoms with Gasteiger partial charge in [-0.15, -0.1) is 0 Å². The zero-order valence-corrected chi connectivity index (χ0v) is 13.4. The van der Waals surface area contributed by atoms with Crippen molar-refractivity contribution in [3.8, 4) is 0 Å². The van der Waals surface area contributed by atoms with Crippen molar-refractivity contribution in [1.82, 2.24) is 14.7 Å². The molecule has 1 amide bonds. The first kappa shape index (κ1) is 14.7. The quantitative estimate of drug-likeness (QED) is 0.927. The van der Waals surface area contributed by atoms with Crippen molar-refractivity contribution in [1.29, 1.82) is 0 Å². The van der Waals surface area contributed by atoms with Gasteiger partial charge in [0.2, 0.25) is 0 Å². The Kier molecular flexibility index (Phi) is 3.43. The predicted octanol–water partition coefficient (Wildman–Crippen LogP) is 2.16. The van der Waals surface area contributed by atoms with Crippen LogP contribution in [0.3, 0.4) is 0 Å². The highest BCUT2D eigenvalue weighted by Gasteiger charge is 2.48. The highest BCUT2D eigenvalue weighted by atomic mass is 16.4. The van der Waals surface area contributed by atoms with E-state index in [-0.39, 0.29) is 11.9 Å². The molecule has 3 atom stereocenters. The number of carboxylic acid groups (broad SMARTS) is 1. The van der Waals surface area contributed by atoms with Crippen LogP contribution in [0.2, 0.25) is 0 Å². The smallest absolute Gasteiger partial charge is 0.326 e. The van der Waals surface area contributed by atoms with E-state index in [1.165, 1.54) is 0 Å². The zero-order valence-electron chi connectivity index (χ0n) is 13.4. The van der Waals surface area contributed by atoms with Gasteiger partial charge in [-0.1, -0.05) is 12.8 Å². The first-order valence-corrected chi connectivity index (χ1v) is 8.65. The summed E-state index contributed by atoms with van der Waals surface area (Å²) in [5.74, 6) is -0.230. The lowest BCUT2D eigenvalue weighted by Crippen LogP contribution is -2.46. The Labute approximate surface area is 135 Å². The number of likely N-dealkylation sites (tertiary alicyclic amines) is 1. The molecule has 3 unspecified atom stereocenters. The molecule has 1 N–H and O–H groups in total. The SMILES string of the molecule is Cn1nc(C(=O)N2C(C(=O)O)CC3CCCCC32)cc1C1CC1. The van der Waals surface area contributed by atoms with Gasteiger partial charge in [-0.25, -0.2) is 4.79 Å². The fraction of sp³-hybridized carbons (Fsp3) is 0.706. The summed E-state index contributed by atoms with van der Waals surface area (Å²) < 4.78 is 1.79. The first-order chi connectivity index (χ1) is 11.1. The molecule has 6 nitrogen and oxygen atoms in total. The second kappa shape index (κ2) is 5.35. The fourth-order valence-corrected chi connectivity index (χ4v) is 4.45. The maximum absolute atomic E-state index is 13.0. The fourth-order valence-electron chi connectivity index (χ4n) is 4.45. The molecule has 1 aliphatic heterocycles. The van der Waals surface area contributed by atoms with E-state index in [2.05, 4.69) is 5.10 Å². The summed E-state index contributed by atoms with van der Waals surface area (Å²) in [6, 6.07) is 1.25. The molecule has 6 heteroatoms. The number of aryl methyl sites for hydroxylation is 1. The molecule has 3 aliphatic rings. The van der Waals surface area contributed by atoms with Crippen LogP contribution in [-0.2, 0) is 11.8 Å². The van der Waals surface area contributed by atoms with Crippen molar-refractivity contribution in [2.24, 2.45) is 13.0 Å². The number of aliphatic carboxylic acids is 1. The minimum absolute atomic E-state index is 0.0729. The van der Waals surface area contributed by atoms with Gasteiger partial charge in [0.1, 0.15) is 6.04 Å². The van der Waals surface area contributed by atoms with E-state index in [0.717, 1.165) is 44.2 Å². The van der Waals surface area contributed by atoms with Crippen molar-refractivity contribution >= 4 is 11.9 Å². The van der Waals surface area contributed by atoms with Crippen LogP contribution in [0, 0.1) is 5.92 Å². The molecule has 2 heterocycles. The van der Waals surface area contributed by atoms with Crippen molar-refractivity contribution in [2.45, 2.75) is 62.9 Å². The summed E-state index contributed by atoms with van der Waals surface area (Å²) in [6.07, 6.45) is 7.07. The third-order valence-corrected chi connectivity index (χ3v) is 5.74. The van der Waals surface area contributed by atoms with Crippen LogP contribution in [0.15, 0.2) is 6.07 Å². The molecule has 0 spiro atoms. The predicted molar refractivity (Wildman–Crippen MR) is 83.1 cm³/mol. The Balaban J connectivity index is 1.64. The van der Waals surface area contributed by atoms with Crippen LogP contribution in [0.4, 0.5) is 0 Å². The lowest BCUT2D eigenvalue weighted by Gasteiger charge is -2.32. The van der Waals surface area contributed by atoms with E-state index in [1.54, 1.807) is 9.58 Å². The molecule has 1 saturated heterocycles. The standard InChI is InChI=1S/C17H23N3O3/c1-19-14(10-6-7-10)9-12(18-19)16(21)20-13-5-3-2-4-11(13)8-15(20)17(22)23/h9-11,13,15H,2-8H2,1H3,(H,22,23). The van der Waals surface area contributed by atoms with Gasteiger partial charge in [-0.3, -0.25) is 9.48 Å². The lowest BCUT2D eigenvalue weighted by atomic mass is 9.84. The topological polar surface area (TPSA) is 75.4 Å². The van der Waals surface area contributed by atoms with Crippen molar-refractivity contribution in [3.63, 3.8) is 0 Å². The molecule has 0 radical (unpaired) electrons. The van der Waals surface area contributed by atoms with E-state index < -0.39 is 12.0 Å². The number of amides is 1. The zero-order chi connectivity index (χ0) is 16.1. The average Bonchev–Trinajstić information content (AvgIpc) is 3.18. The molecule has 1 aromatic rings. The van der Waals surface area contributed by atoms with Crippen molar-refractivity contribution in [2.75, 3.05) is 0 Å². The molecule has 23 heavy (non-hydrogen) atoms. The maximum Gasteiger partial charge on any atom is 0.326 e. The van der Waals surface area contributed by atoms with Gasteiger partial charge in [-0.05, 0) is 44.1 Å². The van der Waals surface area contributed by atoms with Gasteiger partial charge in [0.15, 0.2) is 5.69 Å². The summed E-state index contributed by atoms with van der Waals surface area (Å²) >= 11 is 0. The van der Waals surface area contributed by atoms with E-state index >= 15 is 0 Å². The summed E-state index contributed by atoms with van der Waals surface area (Å²) in [7, 11) is 1.87. The summed E-state index contributed by atoms with van der Waals surface area (Å²) in [5.41, 5.74) is 1.51. The maximum atomic E-state index is 13.0. The van der Waals surface area contributed by atoms with Crippen LogP contribution in [0.25, 0.3) is 0 Å². The van der Waals surface area contributed by atoms with Gasteiger partial charge in [0.05, 0.1) is 0 Å². The van der Waals surface area contributed by atoms with E-state index in [0.29, 0.717) is 24.0 Å². The summed E-state index contributed by atoms with van der Waals surface area (Å²) in [4.78, 5) is 26.3. The Morgan fingerprint density at radius 1 is 1.22 bits per heavy atom. The molecule has 1 aromatic heterocycles. The number of carbonyl (C=O) groups is 2. The number of fused-ring (bicyclic) bond motifs is 1. The summed E-state index contributed by atoms with van der Waals surface area (Å²) in [6.45, 7) is 0. The highest BCUT2D eigenvalue weighted by molar-refractivity contribution is 5.96.